The van der Waals surface area contributed by atoms with E-state index in [1.54, 1.807) is 6.92 Å². The molecule has 0 spiro atoms. The van der Waals surface area contributed by atoms with Crippen molar-refractivity contribution < 1.29 is 9.53 Å². The molecule has 0 N–H and O–H groups in total. The normalized spacial score (nSPS) is 23.8. The molecule has 2 bridgehead atoms. The van der Waals surface area contributed by atoms with Crippen molar-refractivity contribution in [3.05, 3.63) is 23.0 Å². The van der Waals surface area contributed by atoms with Crippen LogP contribution >= 0.6 is 0 Å². The van der Waals surface area contributed by atoms with Crippen LogP contribution < -0.4 is 0 Å². The molecule has 2 aliphatic carbocycles. The molecule has 0 aliphatic heterocycles. The van der Waals surface area contributed by atoms with Gasteiger partial charge in [-0.3, -0.25) is 0 Å². The van der Waals surface area contributed by atoms with Crippen molar-refractivity contribution in [1.29, 1.82) is 5.26 Å². The maximum Gasteiger partial charge on any atom is 0.354 e. The number of hydrogen-bond donors (Lipinski definition) is 0. The lowest BCUT2D eigenvalue weighted by atomic mass is 9.98. The highest BCUT2D eigenvalue weighted by Crippen LogP contribution is 2.54. The van der Waals surface area contributed by atoms with E-state index in [4.69, 9.17) is 10.00 Å². The molecular weight excluding hydrogens is 228 g/mol. The van der Waals surface area contributed by atoms with Crippen molar-refractivity contribution >= 4 is 5.97 Å². The molecule has 1 heterocycles. The number of rotatable bonds is 3. The third kappa shape index (κ3) is 1.47. The summed E-state index contributed by atoms with van der Waals surface area (Å²) in [4.78, 5) is 11.9. The average molecular weight is 244 g/mol. The van der Waals surface area contributed by atoms with Crippen molar-refractivity contribution in [2.45, 2.75) is 44.6 Å². The number of esters is 1. The summed E-state index contributed by atoms with van der Waals surface area (Å²) in [5.74, 6) is 0.834. The number of nitrogens with zero attached hydrogens (tertiary/aromatic N) is 2. The molecule has 1 fully saturated rings. The van der Waals surface area contributed by atoms with Crippen LogP contribution in [-0.4, -0.2) is 17.1 Å². The Morgan fingerprint density at radius 3 is 3.06 bits per heavy atom. The number of ether oxygens (including phenoxy) is 1. The summed E-state index contributed by atoms with van der Waals surface area (Å²) in [6, 6.07) is 4.10. The second kappa shape index (κ2) is 4.16. The Labute approximate surface area is 106 Å². The molecule has 0 aromatic carbocycles. The lowest BCUT2D eigenvalue weighted by Gasteiger charge is -2.14. The zero-order valence-electron chi connectivity index (χ0n) is 10.5. The van der Waals surface area contributed by atoms with Gasteiger partial charge in [-0.1, -0.05) is 0 Å². The lowest BCUT2D eigenvalue weighted by Crippen LogP contribution is -2.14. The molecule has 3 rings (SSSR count). The number of carbonyl (C=O) groups excluding carboxylic acids is 1. The summed E-state index contributed by atoms with van der Waals surface area (Å²) < 4.78 is 6.95. The van der Waals surface area contributed by atoms with Gasteiger partial charge >= 0.3 is 5.97 Å². The fourth-order valence-corrected chi connectivity index (χ4v) is 3.50. The monoisotopic (exact) mass is 244 g/mol. The molecular formula is C14H16N2O2. The van der Waals surface area contributed by atoms with E-state index in [0.717, 1.165) is 0 Å². The van der Waals surface area contributed by atoms with Crippen LogP contribution in [0.5, 0.6) is 0 Å². The van der Waals surface area contributed by atoms with Crippen LogP contribution in [0.2, 0.25) is 0 Å². The van der Waals surface area contributed by atoms with Gasteiger partial charge in [0.1, 0.15) is 12.2 Å². The maximum atomic E-state index is 11.9. The minimum Gasteiger partial charge on any atom is -0.461 e. The van der Waals surface area contributed by atoms with E-state index in [0.29, 0.717) is 24.1 Å². The fraction of sp³-hybridized carbons (Fsp3) is 0.571. The first kappa shape index (κ1) is 11.3. The molecule has 0 amide bonds. The first-order valence-corrected chi connectivity index (χ1v) is 6.53. The minimum atomic E-state index is -0.304. The van der Waals surface area contributed by atoms with Crippen LogP contribution in [0.25, 0.3) is 0 Å². The molecule has 0 saturated heterocycles. The number of hydrogen-bond acceptors (Lipinski definition) is 3. The van der Waals surface area contributed by atoms with Gasteiger partial charge in [0.2, 0.25) is 0 Å². The molecule has 4 heteroatoms. The summed E-state index contributed by atoms with van der Waals surface area (Å²) in [6.07, 6.45) is 3.60. The standard InChI is InChI=1S/C14H16N2O2/c1-2-18-14(17)12-8-11-9-3-4-10(7-9)13(11)16(12)6-5-15/h8-10H,2-4,6-7H2,1H3. The van der Waals surface area contributed by atoms with Gasteiger partial charge < -0.3 is 9.30 Å². The van der Waals surface area contributed by atoms with E-state index in [-0.39, 0.29) is 12.5 Å². The maximum absolute atomic E-state index is 11.9. The smallest absolute Gasteiger partial charge is 0.354 e. The van der Waals surface area contributed by atoms with E-state index in [2.05, 4.69) is 6.07 Å². The highest BCUT2D eigenvalue weighted by atomic mass is 16.5. The summed E-state index contributed by atoms with van der Waals surface area (Å²) in [5, 5.41) is 8.95. The summed E-state index contributed by atoms with van der Waals surface area (Å²) >= 11 is 0. The van der Waals surface area contributed by atoms with Crippen LogP contribution in [0.4, 0.5) is 0 Å². The summed E-state index contributed by atoms with van der Waals surface area (Å²) in [7, 11) is 0. The molecule has 2 unspecified atom stereocenters. The van der Waals surface area contributed by atoms with Crippen LogP contribution in [0.1, 0.15) is 59.8 Å². The average Bonchev–Trinajstić information content (AvgIpc) is 3.01. The predicted octanol–water partition coefficient (Wildman–Crippen LogP) is 2.55. The Hall–Kier alpha value is -1.76. The van der Waals surface area contributed by atoms with E-state index in [1.807, 2.05) is 10.6 Å². The molecule has 94 valence electrons. The van der Waals surface area contributed by atoms with Crippen LogP contribution in [0.3, 0.4) is 0 Å². The van der Waals surface area contributed by atoms with Gasteiger partial charge in [-0.15, -0.1) is 0 Å². The van der Waals surface area contributed by atoms with Crippen molar-refractivity contribution in [2.75, 3.05) is 6.61 Å². The molecule has 0 radical (unpaired) electrons. The molecule has 2 aliphatic rings. The molecule has 1 aromatic heterocycles. The zero-order valence-corrected chi connectivity index (χ0v) is 10.5. The Morgan fingerprint density at radius 1 is 1.56 bits per heavy atom. The van der Waals surface area contributed by atoms with Crippen molar-refractivity contribution in [3.63, 3.8) is 0 Å². The van der Waals surface area contributed by atoms with Gasteiger partial charge in [0, 0.05) is 11.6 Å². The van der Waals surface area contributed by atoms with Gasteiger partial charge in [0.15, 0.2) is 0 Å². The molecule has 1 aromatic rings. The van der Waals surface area contributed by atoms with Crippen LogP contribution in [0.15, 0.2) is 6.07 Å². The predicted molar refractivity (Wildman–Crippen MR) is 65.3 cm³/mol. The molecule has 4 nitrogen and oxygen atoms in total. The van der Waals surface area contributed by atoms with Crippen LogP contribution in [0, 0.1) is 11.3 Å². The minimum absolute atomic E-state index is 0.243. The largest absolute Gasteiger partial charge is 0.461 e. The quantitative estimate of drug-likeness (QED) is 0.768. The first-order chi connectivity index (χ1) is 8.76. The second-order valence-corrected chi connectivity index (χ2v) is 5.04. The number of carbonyl (C=O) groups is 1. The Morgan fingerprint density at radius 2 is 2.33 bits per heavy atom. The third-order valence-electron chi connectivity index (χ3n) is 4.14. The topological polar surface area (TPSA) is 55.0 Å². The highest BCUT2D eigenvalue weighted by molar-refractivity contribution is 5.88. The van der Waals surface area contributed by atoms with E-state index < -0.39 is 0 Å². The Bertz CT molecular complexity index is 539. The van der Waals surface area contributed by atoms with E-state index in [9.17, 15) is 4.79 Å². The summed E-state index contributed by atoms with van der Waals surface area (Å²) in [6.45, 7) is 2.41. The molecule has 18 heavy (non-hydrogen) atoms. The fourth-order valence-electron chi connectivity index (χ4n) is 3.50. The van der Waals surface area contributed by atoms with Crippen molar-refractivity contribution in [2.24, 2.45) is 0 Å². The van der Waals surface area contributed by atoms with Gasteiger partial charge in [0.25, 0.3) is 0 Å². The van der Waals surface area contributed by atoms with Gasteiger partial charge in [-0.2, -0.15) is 5.26 Å². The lowest BCUT2D eigenvalue weighted by molar-refractivity contribution is 0.0514. The van der Waals surface area contributed by atoms with E-state index in [1.165, 1.54) is 30.5 Å². The van der Waals surface area contributed by atoms with Crippen molar-refractivity contribution in [3.8, 4) is 6.07 Å². The molecule has 1 saturated carbocycles. The SMILES string of the molecule is CCOC(=O)c1cc2c(n1CC#N)C1CCC2C1. The van der Waals surface area contributed by atoms with Gasteiger partial charge in [0.05, 0.1) is 12.7 Å². The Kier molecular flexibility index (Phi) is 2.62. The Balaban J connectivity index is 2.06. The third-order valence-corrected chi connectivity index (χ3v) is 4.14. The van der Waals surface area contributed by atoms with Crippen LogP contribution in [-0.2, 0) is 11.3 Å². The second-order valence-electron chi connectivity index (χ2n) is 5.04. The highest BCUT2D eigenvalue weighted by Gasteiger charge is 2.41. The van der Waals surface area contributed by atoms with E-state index >= 15 is 0 Å². The first-order valence-electron chi connectivity index (χ1n) is 6.53. The molecule has 2 atom stereocenters. The van der Waals surface area contributed by atoms with Crippen molar-refractivity contribution in [1.82, 2.24) is 4.57 Å². The number of aromatic nitrogens is 1. The summed E-state index contributed by atoms with van der Waals surface area (Å²) in [5.41, 5.74) is 3.06. The number of fused-ring (bicyclic) bond motifs is 5. The number of nitriles is 1. The van der Waals surface area contributed by atoms with Gasteiger partial charge in [-0.25, -0.2) is 4.79 Å². The van der Waals surface area contributed by atoms with Gasteiger partial charge in [-0.05, 0) is 43.7 Å². The zero-order chi connectivity index (χ0) is 12.7.